The number of amides is 1. The topological polar surface area (TPSA) is 23.6 Å². The second-order valence-corrected chi connectivity index (χ2v) is 6.96. The van der Waals surface area contributed by atoms with Crippen molar-refractivity contribution in [3.8, 4) is 0 Å². The first kappa shape index (κ1) is 14.9. The van der Waals surface area contributed by atoms with Crippen molar-refractivity contribution in [1.82, 2.24) is 9.80 Å². The average Bonchev–Trinajstić information content (AvgIpc) is 3.35. The van der Waals surface area contributed by atoms with Crippen molar-refractivity contribution in [2.45, 2.75) is 30.7 Å². The molecule has 3 rings (SSSR count). The van der Waals surface area contributed by atoms with Crippen molar-refractivity contribution in [3.63, 3.8) is 0 Å². The lowest BCUT2D eigenvalue weighted by Crippen LogP contribution is -2.35. The molecule has 2 fully saturated rings. The minimum Gasteiger partial charge on any atom is -0.341 e. The van der Waals surface area contributed by atoms with Crippen molar-refractivity contribution < 1.29 is 4.79 Å². The molecule has 3 nitrogen and oxygen atoms in total. The largest absolute Gasteiger partial charge is 0.341 e. The molecule has 21 heavy (non-hydrogen) atoms. The summed E-state index contributed by atoms with van der Waals surface area (Å²) in [5.41, 5.74) is 1.37. The number of hydrogen-bond donors (Lipinski definition) is 0. The van der Waals surface area contributed by atoms with Crippen molar-refractivity contribution in [1.29, 1.82) is 0 Å². The average molecular weight is 304 g/mol. The molecule has 0 radical (unpaired) electrons. The maximum absolute atomic E-state index is 12.2. The van der Waals surface area contributed by atoms with Gasteiger partial charge in [0.15, 0.2) is 0 Å². The zero-order valence-corrected chi connectivity index (χ0v) is 13.6. The molecule has 1 aliphatic carbocycles. The Morgan fingerprint density at radius 1 is 1.14 bits per heavy atom. The van der Waals surface area contributed by atoms with Crippen LogP contribution < -0.4 is 0 Å². The van der Waals surface area contributed by atoms with E-state index in [1.165, 1.54) is 10.5 Å². The van der Waals surface area contributed by atoms with Gasteiger partial charge in [0.25, 0.3) is 0 Å². The summed E-state index contributed by atoms with van der Waals surface area (Å²) in [5.74, 6) is 0.761. The highest BCUT2D eigenvalue weighted by Crippen LogP contribution is 2.31. The predicted molar refractivity (Wildman–Crippen MR) is 87.4 cm³/mol. The molecule has 0 N–H and O–H groups in total. The molecule has 0 unspecified atom stereocenters. The smallest absolute Gasteiger partial charge is 0.225 e. The van der Waals surface area contributed by atoms with E-state index in [0.717, 1.165) is 52.0 Å². The molecule has 0 atom stereocenters. The highest BCUT2D eigenvalue weighted by atomic mass is 32.2. The summed E-state index contributed by atoms with van der Waals surface area (Å²) in [7, 11) is 0. The fraction of sp³-hybridized carbons (Fsp3) is 0.588. The minimum atomic E-state index is 0.357. The summed E-state index contributed by atoms with van der Waals surface area (Å²) < 4.78 is 0. The zero-order chi connectivity index (χ0) is 14.7. The summed E-state index contributed by atoms with van der Waals surface area (Å²) in [6.45, 7) is 4.94. The third-order valence-corrected chi connectivity index (χ3v) is 5.14. The molecule has 0 aromatic heterocycles. The number of hydrogen-bond acceptors (Lipinski definition) is 3. The molecule has 1 heterocycles. The number of nitrogens with zero attached hydrogens (tertiary/aromatic N) is 2. The van der Waals surface area contributed by atoms with E-state index in [0.29, 0.717) is 11.8 Å². The first-order chi connectivity index (χ1) is 10.3. The summed E-state index contributed by atoms with van der Waals surface area (Å²) in [6, 6.07) is 8.84. The van der Waals surface area contributed by atoms with Gasteiger partial charge in [-0.05, 0) is 43.2 Å². The van der Waals surface area contributed by atoms with Crippen LogP contribution in [0, 0.1) is 5.92 Å². The Hall–Kier alpha value is -1.00. The Balaban J connectivity index is 1.53. The first-order valence-electron chi connectivity index (χ1n) is 7.90. The normalized spacial score (nSPS) is 20.3. The molecular formula is C17H24N2OS. The van der Waals surface area contributed by atoms with Crippen LogP contribution in [0.1, 0.15) is 24.8 Å². The third kappa shape index (κ3) is 4.01. The predicted octanol–water partition coefficient (Wildman–Crippen LogP) is 2.85. The standard InChI is InChI=1S/C17H24N2OS/c1-21-16-7-3-14(4-8-16)13-18-9-2-10-19(12-11-18)17(20)15-5-6-15/h3-4,7-8,15H,2,5-6,9-13H2,1H3. The third-order valence-electron chi connectivity index (χ3n) is 4.39. The van der Waals surface area contributed by atoms with Crippen LogP contribution in [-0.2, 0) is 11.3 Å². The van der Waals surface area contributed by atoms with Gasteiger partial charge in [-0.25, -0.2) is 0 Å². The first-order valence-corrected chi connectivity index (χ1v) is 9.13. The van der Waals surface area contributed by atoms with Crippen LogP contribution in [0.25, 0.3) is 0 Å². The van der Waals surface area contributed by atoms with Crippen LogP contribution in [0.15, 0.2) is 29.2 Å². The zero-order valence-electron chi connectivity index (χ0n) is 12.8. The number of rotatable bonds is 4. The summed E-state index contributed by atoms with van der Waals surface area (Å²) in [4.78, 5) is 18.0. The Morgan fingerprint density at radius 3 is 2.57 bits per heavy atom. The van der Waals surface area contributed by atoms with E-state index in [4.69, 9.17) is 0 Å². The molecule has 0 spiro atoms. The van der Waals surface area contributed by atoms with Crippen molar-refractivity contribution >= 4 is 17.7 Å². The number of carbonyl (C=O) groups is 1. The van der Waals surface area contributed by atoms with Gasteiger partial charge in [-0.3, -0.25) is 9.69 Å². The highest BCUT2D eigenvalue weighted by Gasteiger charge is 2.33. The molecule has 2 aliphatic rings. The molecule has 1 aliphatic heterocycles. The van der Waals surface area contributed by atoms with E-state index >= 15 is 0 Å². The van der Waals surface area contributed by atoms with Gasteiger partial charge in [-0.1, -0.05) is 12.1 Å². The molecule has 1 saturated carbocycles. The highest BCUT2D eigenvalue weighted by molar-refractivity contribution is 7.98. The maximum Gasteiger partial charge on any atom is 0.225 e. The van der Waals surface area contributed by atoms with Gasteiger partial charge in [-0.2, -0.15) is 0 Å². The molecule has 0 bridgehead atoms. The summed E-state index contributed by atoms with van der Waals surface area (Å²) in [5, 5.41) is 0. The van der Waals surface area contributed by atoms with Gasteiger partial charge in [0.05, 0.1) is 0 Å². The minimum absolute atomic E-state index is 0.357. The molecule has 4 heteroatoms. The summed E-state index contributed by atoms with van der Waals surface area (Å²) in [6.07, 6.45) is 5.43. The Labute approximate surface area is 131 Å². The van der Waals surface area contributed by atoms with Gasteiger partial charge in [-0.15, -0.1) is 11.8 Å². The maximum atomic E-state index is 12.2. The quantitative estimate of drug-likeness (QED) is 0.799. The van der Waals surface area contributed by atoms with E-state index in [2.05, 4.69) is 40.3 Å². The molecule has 1 aromatic rings. The molecular weight excluding hydrogens is 280 g/mol. The monoisotopic (exact) mass is 304 g/mol. The van der Waals surface area contributed by atoms with Crippen LogP contribution in [0.5, 0.6) is 0 Å². The molecule has 1 saturated heterocycles. The molecule has 1 aromatic carbocycles. The lowest BCUT2D eigenvalue weighted by Gasteiger charge is -2.22. The van der Waals surface area contributed by atoms with E-state index in [1.807, 2.05) is 0 Å². The fourth-order valence-electron chi connectivity index (χ4n) is 2.93. The van der Waals surface area contributed by atoms with Gasteiger partial charge in [0.2, 0.25) is 5.91 Å². The van der Waals surface area contributed by atoms with E-state index in [-0.39, 0.29) is 0 Å². The Morgan fingerprint density at radius 2 is 1.90 bits per heavy atom. The second-order valence-electron chi connectivity index (χ2n) is 6.08. The van der Waals surface area contributed by atoms with Crippen molar-refractivity contribution in [3.05, 3.63) is 29.8 Å². The Bertz CT molecular complexity index is 484. The van der Waals surface area contributed by atoms with Crippen molar-refractivity contribution in [2.75, 3.05) is 32.4 Å². The lowest BCUT2D eigenvalue weighted by molar-refractivity contribution is -0.132. The number of thioether (sulfide) groups is 1. The van der Waals surface area contributed by atoms with Crippen LogP contribution in [0.4, 0.5) is 0 Å². The number of benzene rings is 1. The van der Waals surface area contributed by atoms with Gasteiger partial charge >= 0.3 is 0 Å². The van der Waals surface area contributed by atoms with E-state index < -0.39 is 0 Å². The van der Waals surface area contributed by atoms with Gasteiger partial charge < -0.3 is 4.90 Å². The SMILES string of the molecule is CSc1ccc(CN2CCCN(C(=O)C3CC3)CC2)cc1. The Kier molecular flexibility index (Phi) is 4.86. The van der Waals surface area contributed by atoms with Crippen LogP contribution >= 0.6 is 11.8 Å². The van der Waals surface area contributed by atoms with Crippen LogP contribution in [-0.4, -0.2) is 48.1 Å². The molecule has 114 valence electrons. The fourth-order valence-corrected chi connectivity index (χ4v) is 3.34. The summed E-state index contributed by atoms with van der Waals surface area (Å²) >= 11 is 1.78. The number of carbonyl (C=O) groups excluding carboxylic acids is 1. The van der Waals surface area contributed by atoms with E-state index in [1.54, 1.807) is 11.8 Å². The van der Waals surface area contributed by atoms with Gasteiger partial charge in [0.1, 0.15) is 0 Å². The second kappa shape index (κ2) is 6.84. The van der Waals surface area contributed by atoms with Crippen LogP contribution in [0.2, 0.25) is 0 Å². The molecule has 1 amide bonds. The van der Waals surface area contributed by atoms with Crippen molar-refractivity contribution in [2.24, 2.45) is 5.92 Å². The lowest BCUT2D eigenvalue weighted by atomic mass is 10.2. The van der Waals surface area contributed by atoms with Gasteiger partial charge in [0, 0.05) is 43.5 Å². The van der Waals surface area contributed by atoms with Crippen LogP contribution in [0.3, 0.4) is 0 Å². The van der Waals surface area contributed by atoms with E-state index in [9.17, 15) is 4.79 Å².